The van der Waals surface area contributed by atoms with E-state index in [-0.39, 0.29) is 17.4 Å². The average molecular weight is 464 g/mol. The second-order valence-electron chi connectivity index (χ2n) is 8.65. The molecular formula is C26H27F2N5O. The van der Waals surface area contributed by atoms with Crippen molar-refractivity contribution in [1.29, 1.82) is 0 Å². The van der Waals surface area contributed by atoms with Crippen LogP contribution in [0, 0.1) is 11.6 Å². The van der Waals surface area contributed by atoms with Gasteiger partial charge in [-0.05, 0) is 55.8 Å². The lowest BCUT2D eigenvalue weighted by Gasteiger charge is -2.35. The highest BCUT2D eigenvalue weighted by atomic mass is 19.1. The molecule has 8 heteroatoms. The van der Waals surface area contributed by atoms with Crippen LogP contribution in [0.3, 0.4) is 0 Å². The summed E-state index contributed by atoms with van der Waals surface area (Å²) < 4.78 is 35.5. The lowest BCUT2D eigenvalue weighted by atomic mass is 10.1. The number of ether oxygens (including phenoxy) is 1. The second kappa shape index (κ2) is 9.38. The van der Waals surface area contributed by atoms with Gasteiger partial charge in [-0.25, -0.2) is 9.37 Å². The number of likely N-dealkylation sites (N-methyl/N-ethyl adjacent to an activating group) is 1. The molecule has 0 amide bonds. The van der Waals surface area contributed by atoms with E-state index in [9.17, 15) is 4.39 Å². The number of anilines is 3. The van der Waals surface area contributed by atoms with Gasteiger partial charge in [0.2, 0.25) is 5.82 Å². The minimum Gasteiger partial charge on any atom is -0.433 e. The molecule has 1 aromatic heterocycles. The molecule has 5 rings (SSSR count). The van der Waals surface area contributed by atoms with Gasteiger partial charge in [-0.3, -0.25) is 0 Å². The summed E-state index contributed by atoms with van der Waals surface area (Å²) in [5.41, 5.74) is 4.26. The molecule has 34 heavy (non-hydrogen) atoms. The number of rotatable bonds is 6. The van der Waals surface area contributed by atoms with Crippen molar-refractivity contribution in [3.63, 3.8) is 0 Å². The zero-order valence-corrected chi connectivity index (χ0v) is 19.3. The van der Waals surface area contributed by atoms with Crippen molar-refractivity contribution in [3.8, 4) is 11.6 Å². The van der Waals surface area contributed by atoms with E-state index in [0.717, 1.165) is 49.5 Å². The SMILES string of the molecule is CCN1CCN(c2ccc(Nc3ncnc(Oc4ccc5c(c4F)C=C(C)C5)c3F)cc2)CC1. The minimum atomic E-state index is -0.783. The molecule has 0 spiro atoms. The largest absolute Gasteiger partial charge is 0.433 e. The molecule has 2 aromatic carbocycles. The van der Waals surface area contributed by atoms with E-state index in [1.165, 1.54) is 12.4 Å². The molecule has 1 fully saturated rings. The van der Waals surface area contributed by atoms with E-state index in [0.29, 0.717) is 17.7 Å². The first-order valence-corrected chi connectivity index (χ1v) is 11.5. The Morgan fingerprint density at radius 1 is 0.971 bits per heavy atom. The van der Waals surface area contributed by atoms with Gasteiger partial charge in [0, 0.05) is 43.1 Å². The molecule has 0 radical (unpaired) electrons. The van der Waals surface area contributed by atoms with Gasteiger partial charge in [0.1, 0.15) is 6.33 Å². The third-order valence-electron chi connectivity index (χ3n) is 6.37. The van der Waals surface area contributed by atoms with Crippen molar-refractivity contribution in [1.82, 2.24) is 14.9 Å². The molecule has 1 aliphatic carbocycles. The van der Waals surface area contributed by atoms with Crippen LogP contribution in [0.15, 0.2) is 48.3 Å². The molecule has 2 heterocycles. The fraction of sp³-hybridized carbons (Fsp3) is 0.308. The quantitative estimate of drug-likeness (QED) is 0.529. The summed E-state index contributed by atoms with van der Waals surface area (Å²) >= 11 is 0. The van der Waals surface area contributed by atoms with Crippen molar-refractivity contribution in [2.45, 2.75) is 20.3 Å². The third-order valence-corrected chi connectivity index (χ3v) is 6.37. The van der Waals surface area contributed by atoms with Gasteiger partial charge in [0.05, 0.1) is 0 Å². The first-order chi connectivity index (χ1) is 16.5. The molecule has 2 aliphatic rings. The Hall–Kier alpha value is -3.52. The van der Waals surface area contributed by atoms with E-state index in [1.54, 1.807) is 12.1 Å². The summed E-state index contributed by atoms with van der Waals surface area (Å²) in [5.74, 6) is -1.74. The van der Waals surface area contributed by atoms with Crippen molar-refractivity contribution in [2.24, 2.45) is 0 Å². The number of aromatic nitrogens is 2. The van der Waals surface area contributed by atoms with Gasteiger partial charge in [-0.1, -0.05) is 24.6 Å². The Morgan fingerprint density at radius 3 is 2.47 bits per heavy atom. The Kier molecular flexibility index (Phi) is 6.15. The topological polar surface area (TPSA) is 53.5 Å². The zero-order chi connectivity index (χ0) is 23.7. The monoisotopic (exact) mass is 463 g/mol. The van der Waals surface area contributed by atoms with Crippen LogP contribution in [0.1, 0.15) is 25.0 Å². The number of piperazine rings is 1. The van der Waals surface area contributed by atoms with Gasteiger partial charge >= 0.3 is 0 Å². The van der Waals surface area contributed by atoms with Crippen LogP contribution < -0.4 is 15.0 Å². The van der Waals surface area contributed by atoms with E-state index in [4.69, 9.17) is 4.74 Å². The van der Waals surface area contributed by atoms with E-state index < -0.39 is 11.6 Å². The molecule has 6 nitrogen and oxygen atoms in total. The molecule has 1 saturated heterocycles. The van der Waals surface area contributed by atoms with Gasteiger partial charge < -0.3 is 19.9 Å². The second-order valence-corrected chi connectivity index (χ2v) is 8.65. The highest BCUT2D eigenvalue weighted by Crippen LogP contribution is 2.35. The number of hydrogen-bond donors (Lipinski definition) is 1. The van der Waals surface area contributed by atoms with Crippen LogP contribution >= 0.6 is 0 Å². The summed E-state index contributed by atoms with van der Waals surface area (Å²) in [6.45, 7) is 9.26. The molecular weight excluding hydrogens is 436 g/mol. The maximum atomic E-state index is 15.1. The smallest absolute Gasteiger partial charge is 0.261 e. The van der Waals surface area contributed by atoms with Crippen molar-refractivity contribution < 1.29 is 13.5 Å². The number of halogens is 2. The third kappa shape index (κ3) is 4.46. The first kappa shape index (κ1) is 22.3. The summed E-state index contributed by atoms with van der Waals surface area (Å²) in [6.07, 6.45) is 3.68. The number of allylic oxidation sites excluding steroid dienone is 1. The maximum absolute atomic E-state index is 15.1. The Morgan fingerprint density at radius 2 is 1.74 bits per heavy atom. The first-order valence-electron chi connectivity index (χ1n) is 11.5. The van der Waals surface area contributed by atoms with Crippen LogP contribution in [-0.2, 0) is 6.42 Å². The normalized spacial score (nSPS) is 15.8. The number of fused-ring (bicyclic) bond motifs is 1. The zero-order valence-electron chi connectivity index (χ0n) is 19.3. The fourth-order valence-corrected chi connectivity index (χ4v) is 4.43. The summed E-state index contributed by atoms with van der Waals surface area (Å²) in [4.78, 5) is 12.6. The van der Waals surface area contributed by atoms with E-state index in [2.05, 4.69) is 32.0 Å². The summed E-state index contributed by atoms with van der Waals surface area (Å²) in [6, 6.07) is 11.1. The summed E-state index contributed by atoms with van der Waals surface area (Å²) in [5, 5.41) is 2.97. The molecule has 0 atom stereocenters. The highest BCUT2D eigenvalue weighted by molar-refractivity contribution is 5.66. The van der Waals surface area contributed by atoms with Gasteiger partial charge in [-0.15, -0.1) is 0 Å². The van der Waals surface area contributed by atoms with Crippen LogP contribution in [-0.4, -0.2) is 47.6 Å². The van der Waals surface area contributed by atoms with Crippen molar-refractivity contribution >= 4 is 23.3 Å². The molecule has 3 aromatic rings. The number of hydrogen-bond acceptors (Lipinski definition) is 6. The Labute approximate surface area is 197 Å². The van der Waals surface area contributed by atoms with Gasteiger partial charge in [0.15, 0.2) is 17.4 Å². The highest BCUT2D eigenvalue weighted by Gasteiger charge is 2.21. The van der Waals surface area contributed by atoms with Crippen LogP contribution in [0.4, 0.5) is 26.0 Å². The van der Waals surface area contributed by atoms with Crippen LogP contribution in [0.25, 0.3) is 6.08 Å². The van der Waals surface area contributed by atoms with E-state index >= 15 is 4.39 Å². The number of benzene rings is 2. The Bertz CT molecular complexity index is 1220. The van der Waals surface area contributed by atoms with Crippen molar-refractivity contribution in [2.75, 3.05) is 42.9 Å². The maximum Gasteiger partial charge on any atom is 0.261 e. The lowest BCUT2D eigenvalue weighted by molar-refractivity contribution is 0.271. The number of nitrogens with zero attached hydrogens (tertiary/aromatic N) is 4. The molecule has 0 saturated carbocycles. The van der Waals surface area contributed by atoms with Gasteiger partial charge in [-0.2, -0.15) is 9.37 Å². The standard InChI is InChI=1S/C26H27F2N5O/c1-3-32-10-12-33(13-11-32)20-7-5-19(6-8-20)31-25-24(28)26(30-16-29-25)34-22-9-4-18-14-17(2)15-21(18)23(22)27/h4-9,15-16H,3,10-14H2,1-2H3,(H,29,30,31). The predicted molar refractivity (Wildman–Crippen MR) is 130 cm³/mol. The van der Waals surface area contributed by atoms with Crippen molar-refractivity contribution in [3.05, 3.63) is 71.1 Å². The molecule has 1 N–H and O–H groups in total. The molecule has 0 bridgehead atoms. The number of nitrogens with one attached hydrogen (secondary N) is 1. The fourth-order valence-electron chi connectivity index (χ4n) is 4.43. The van der Waals surface area contributed by atoms with Crippen LogP contribution in [0.2, 0.25) is 0 Å². The molecule has 176 valence electrons. The van der Waals surface area contributed by atoms with E-state index in [1.807, 2.05) is 31.2 Å². The molecule has 0 unspecified atom stereocenters. The predicted octanol–water partition coefficient (Wildman–Crippen LogP) is 5.39. The summed E-state index contributed by atoms with van der Waals surface area (Å²) in [7, 11) is 0. The minimum absolute atomic E-state index is 0.0355. The average Bonchev–Trinajstić information content (AvgIpc) is 3.25. The molecule has 1 aliphatic heterocycles. The van der Waals surface area contributed by atoms with Crippen LogP contribution in [0.5, 0.6) is 11.6 Å². The lowest BCUT2D eigenvalue weighted by Crippen LogP contribution is -2.46. The van der Waals surface area contributed by atoms with Gasteiger partial charge in [0.25, 0.3) is 5.88 Å². The Balaban J connectivity index is 1.30.